The van der Waals surface area contributed by atoms with Crippen molar-refractivity contribution in [1.29, 1.82) is 0 Å². The molecule has 5 heteroatoms. The van der Waals surface area contributed by atoms with Crippen LogP contribution in [0.2, 0.25) is 0 Å². The van der Waals surface area contributed by atoms with E-state index in [1.165, 1.54) is 26.4 Å². The van der Waals surface area contributed by atoms with E-state index in [1.54, 1.807) is 0 Å². The lowest BCUT2D eigenvalue weighted by atomic mass is 9.84. The first kappa shape index (κ1) is 19.5. The number of carbonyl (C=O) groups is 2. The first-order chi connectivity index (χ1) is 13.2. The van der Waals surface area contributed by atoms with Gasteiger partial charge in [-0.25, -0.2) is 4.79 Å². The van der Waals surface area contributed by atoms with Gasteiger partial charge < -0.3 is 14.8 Å². The Kier molecular flexibility index (Phi) is 6.91. The molecule has 0 aliphatic heterocycles. The fraction of sp³-hybridized carbons (Fsp3) is 0.545. The number of hydrogen-bond donors (Lipinski definition) is 1. The number of ether oxygens (including phenoxy) is 2. The highest BCUT2D eigenvalue weighted by Gasteiger charge is 2.47. The minimum absolute atomic E-state index is 0.156. The van der Waals surface area contributed by atoms with E-state index in [-0.39, 0.29) is 18.1 Å². The van der Waals surface area contributed by atoms with Crippen LogP contribution >= 0.6 is 0 Å². The summed E-state index contributed by atoms with van der Waals surface area (Å²) in [5.41, 5.74) is 0.989. The van der Waals surface area contributed by atoms with E-state index in [1.807, 2.05) is 30.3 Å². The van der Waals surface area contributed by atoms with Gasteiger partial charge in [0.05, 0.1) is 7.11 Å². The lowest BCUT2D eigenvalue weighted by Crippen LogP contribution is -2.43. The molecule has 2 aliphatic carbocycles. The highest BCUT2D eigenvalue weighted by Crippen LogP contribution is 2.49. The summed E-state index contributed by atoms with van der Waals surface area (Å²) in [5.74, 6) is 1.39. The van der Waals surface area contributed by atoms with Crippen LogP contribution < -0.4 is 5.32 Å². The quantitative estimate of drug-likeness (QED) is 0.422. The summed E-state index contributed by atoms with van der Waals surface area (Å²) in [7, 11) is 1.42. The smallest absolute Gasteiger partial charge is 0.407 e. The van der Waals surface area contributed by atoms with Crippen molar-refractivity contribution in [3.63, 3.8) is 0 Å². The van der Waals surface area contributed by atoms with Crippen LogP contribution in [0.15, 0.2) is 42.5 Å². The number of alkyl carbamates (subject to hydrolysis) is 1. The van der Waals surface area contributed by atoms with Gasteiger partial charge in [0.1, 0.15) is 6.61 Å². The maximum atomic E-state index is 12.3. The van der Waals surface area contributed by atoms with E-state index in [0.717, 1.165) is 18.4 Å². The van der Waals surface area contributed by atoms with Gasteiger partial charge in [-0.05, 0) is 49.5 Å². The van der Waals surface area contributed by atoms with Crippen LogP contribution in [0.5, 0.6) is 0 Å². The average molecular weight is 371 g/mol. The van der Waals surface area contributed by atoms with E-state index in [2.05, 4.69) is 22.2 Å². The first-order valence-corrected chi connectivity index (χ1v) is 9.88. The van der Waals surface area contributed by atoms with Gasteiger partial charge in [0.15, 0.2) is 0 Å². The minimum atomic E-state index is -0.333. The van der Waals surface area contributed by atoms with Crippen molar-refractivity contribution in [3.05, 3.63) is 48.0 Å². The van der Waals surface area contributed by atoms with Crippen molar-refractivity contribution in [2.24, 2.45) is 17.8 Å². The zero-order valence-electron chi connectivity index (χ0n) is 15.9. The van der Waals surface area contributed by atoms with Gasteiger partial charge in [-0.2, -0.15) is 0 Å². The average Bonchev–Trinajstić information content (AvgIpc) is 3.29. The molecule has 2 aliphatic rings. The van der Waals surface area contributed by atoms with Crippen molar-refractivity contribution in [2.75, 3.05) is 7.11 Å². The van der Waals surface area contributed by atoms with Crippen molar-refractivity contribution in [2.45, 2.75) is 51.2 Å². The number of esters is 1. The number of allylic oxidation sites excluding steroid dienone is 1. The summed E-state index contributed by atoms with van der Waals surface area (Å²) in [4.78, 5) is 23.4. The Morgan fingerprint density at radius 3 is 2.74 bits per heavy atom. The van der Waals surface area contributed by atoms with Crippen LogP contribution in [0.25, 0.3) is 0 Å². The molecule has 1 N–H and O–H groups in total. The molecule has 2 bridgehead atoms. The van der Waals surface area contributed by atoms with E-state index in [0.29, 0.717) is 30.8 Å². The largest absolute Gasteiger partial charge is 0.469 e. The number of methoxy groups -OCH3 is 1. The van der Waals surface area contributed by atoms with Crippen LogP contribution in [0, 0.1) is 17.8 Å². The van der Waals surface area contributed by atoms with Crippen LogP contribution in [0.1, 0.15) is 44.1 Å². The number of hydrogen-bond acceptors (Lipinski definition) is 4. The number of benzene rings is 1. The molecular formula is C22H29NO4. The molecule has 0 saturated heterocycles. The van der Waals surface area contributed by atoms with Gasteiger partial charge in [0, 0.05) is 18.4 Å². The van der Waals surface area contributed by atoms with Crippen LogP contribution in [0.4, 0.5) is 4.79 Å². The summed E-state index contributed by atoms with van der Waals surface area (Å²) >= 11 is 0. The second kappa shape index (κ2) is 9.58. The predicted octanol–water partition coefficient (Wildman–Crippen LogP) is 4.23. The topological polar surface area (TPSA) is 64.6 Å². The minimum Gasteiger partial charge on any atom is -0.469 e. The van der Waals surface area contributed by atoms with Crippen LogP contribution in [-0.2, 0) is 20.9 Å². The summed E-state index contributed by atoms with van der Waals surface area (Å²) in [6, 6.07) is 9.88. The molecule has 27 heavy (non-hydrogen) atoms. The van der Waals surface area contributed by atoms with Gasteiger partial charge in [-0.15, -0.1) is 0 Å². The number of fused-ring (bicyclic) bond motifs is 2. The SMILES string of the molecule is COC(=O)CCCC=C[C@H]1[C@@H]2CC[C@@H](C2)[C@@H]1NC(=O)OCc1ccccc1. The number of amides is 1. The van der Waals surface area contributed by atoms with Gasteiger partial charge in [-0.1, -0.05) is 42.5 Å². The second-order valence-corrected chi connectivity index (χ2v) is 7.54. The number of nitrogens with one attached hydrogen (secondary N) is 1. The zero-order valence-corrected chi connectivity index (χ0v) is 15.9. The normalized spacial score (nSPS) is 26.3. The number of carbonyl (C=O) groups excluding carboxylic acids is 2. The standard InChI is InChI=1S/C22H29NO4/c1-26-20(24)11-7-3-6-10-19-17-12-13-18(14-17)21(19)23-22(25)27-15-16-8-4-2-5-9-16/h2,4-6,8-10,17-19,21H,3,7,11-15H2,1H3,(H,23,25)/t17-,18+,19+,21+/m1/s1. The Labute approximate surface area is 161 Å². The molecule has 0 spiro atoms. The highest BCUT2D eigenvalue weighted by molar-refractivity contribution is 5.69. The third-order valence-corrected chi connectivity index (χ3v) is 5.82. The molecule has 2 fully saturated rings. The van der Waals surface area contributed by atoms with E-state index in [9.17, 15) is 9.59 Å². The van der Waals surface area contributed by atoms with Crippen molar-refractivity contribution >= 4 is 12.1 Å². The molecule has 0 aromatic heterocycles. The fourth-order valence-electron chi connectivity index (χ4n) is 4.45. The van der Waals surface area contributed by atoms with Crippen molar-refractivity contribution in [3.8, 4) is 0 Å². The lowest BCUT2D eigenvalue weighted by Gasteiger charge is -2.29. The maximum absolute atomic E-state index is 12.3. The highest BCUT2D eigenvalue weighted by atomic mass is 16.5. The summed E-state index contributed by atoms with van der Waals surface area (Å²) in [5, 5.41) is 3.11. The maximum Gasteiger partial charge on any atom is 0.407 e. The third kappa shape index (κ3) is 5.34. The second-order valence-electron chi connectivity index (χ2n) is 7.54. The molecule has 1 aromatic rings. The molecular weight excluding hydrogens is 342 g/mol. The van der Waals surface area contributed by atoms with Crippen molar-refractivity contribution in [1.82, 2.24) is 5.32 Å². The Morgan fingerprint density at radius 1 is 1.19 bits per heavy atom. The van der Waals surface area contributed by atoms with Crippen LogP contribution in [0.3, 0.4) is 0 Å². The fourth-order valence-corrected chi connectivity index (χ4v) is 4.45. The molecule has 2 saturated carbocycles. The lowest BCUT2D eigenvalue weighted by molar-refractivity contribution is -0.140. The van der Waals surface area contributed by atoms with Gasteiger partial charge in [-0.3, -0.25) is 4.79 Å². The molecule has 5 nitrogen and oxygen atoms in total. The van der Waals surface area contributed by atoms with E-state index < -0.39 is 0 Å². The molecule has 0 radical (unpaired) electrons. The predicted molar refractivity (Wildman–Crippen MR) is 103 cm³/mol. The van der Waals surface area contributed by atoms with Crippen molar-refractivity contribution < 1.29 is 19.1 Å². The molecule has 0 heterocycles. The summed E-state index contributed by atoms with van der Waals surface area (Å²) in [6.45, 7) is 0.293. The Balaban J connectivity index is 1.47. The van der Waals surface area contributed by atoms with Gasteiger partial charge in [0.25, 0.3) is 0 Å². The van der Waals surface area contributed by atoms with Crippen LogP contribution in [-0.4, -0.2) is 25.2 Å². The Morgan fingerprint density at radius 2 is 1.96 bits per heavy atom. The number of unbranched alkanes of at least 4 members (excludes halogenated alkanes) is 1. The molecule has 146 valence electrons. The summed E-state index contributed by atoms with van der Waals surface area (Å²) < 4.78 is 10.1. The van der Waals surface area contributed by atoms with Gasteiger partial charge in [0.2, 0.25) is 0 Å². The molecule has 4 atom stereocenters. The molecule has 1 amide bonds. The Hall–Kier alpha value is -2.30. The third-order valence-electron chi connectivity index (χ3n) is 5.82. The van der Waals surface area contributed by atoms with E-state index in [4.69, 9.17) is 4.74 Å². The first-order valence-electron chi connectivity index (χ1n) is 9.88. The summed E-state index contributed by atoms with van der Waals surface area (Å²) in [6.07, 6.45) is 9.75. The zero-order chi connectivity index (χ0) is 19.1. The molecule has 1 aromatic carbocycles. The molecule has 0 unspecified atom stereocenters. The monoisotopic (exact) mass is 371 g/mol. The number of rotatable bonds is 8. The Bertz CT molecular complexity index is 658. The molecule has 3 rings (SSSR count). The van der Waals surface area contributed by atoms with Gasteiger partial charge >= 0.3 is 12.1 Å². The van der Waals surface area contributed by atoms with E-state index >= 15 is 0 Å².